The summed E-state index contributed by atoms with van der Waals surface area (Å²) in [6.45, 7) is 0. The maximum atomic E-state index is 10.6. The molecule has 2 aliphatic rings. The minimum Gasteiger partial charge on any atom is -0.479 e. The van der Waals surface area contributed by atoms with Gasteiger partial charge in [-0.3, -0.25) is 10.3 Å². The fraction of sp³-hybridized carbons (Fsp3) is 0.500. The second-order valence-corrected chi connectivity index (χ2v) is 2.99. The van der Waals surface area contributed by atoms with E-state index in [1.165, 1.54) is 0 Å². The highest BCUT2D eigenvalue weighted by Crippen LogP contribution is 2.15. The number of carboxylic acid groups (broad SMARTS) is 1. The third kappa shape index (κ3) is 1.14. The summed E-state index contributed by atoms with van der Waals surface area (Å²) in [5.41, 5.74) is 0.977. The highest BCUT2D eigenvalue weighted by Gasteiger charge is 2.30. The van der Waals surface area contributed by atoms with Gasteiger partial charge in [-0.1, -0.05) is 12.2 Å². The van der Waals surface area contributed by atoms with E-state index in [1.807, 2.05) is 6.08 Å². The normalized spacial score (nSPS) is 32.8. The van der Waals surface area contributed by atoms with Crippen LogP contribution in [0.1, 0.15) is 12.8 Å². The zero-order chi connectivity index (χ0) is 8.55. The third-order valence-corrected chi connectivity index (χ3v) is 2.16. The number of aliphatic carboxylic acids is 1. The Morgan fingerprint density at radius 3 is 3.17 bits per heavy atom. The number of carboxylic acids is 1. The Hall–Kier alpha value is -1.16. The number of rotatable bonds is 1. The number of allylic oxidation sites excluding steroid dienone is 1. The van der Waals surface area contributed by atoms with Crippen molar-refractivity contribution in [3.05, 3.63) is 12.2 Å². The molecule has 0 unspecified atom stereocenters. The summed E-state index contributed by atoms with van der Waals surface area (Å²) >= 11 is 0. The molecule has 0 bridgehead atoms. The molecule has 2 rings (SSSR count). The highest BCUT2D eigenvalue weighted by molar-refractivity contribution is 5.96. The van der Waals surface area contributed by atoms with Gasteiger partial charge in [-0.15, -0.1) is 0 Å². The number of fused-ring (bicyclic) bond motifs is 1. The maximum Gasteiger partial charge on any atom is 0.343 e. The number of aliphatic imine (C=N–C) groups is 1. The first-order valence-electron chi connectivity index (χ1n) is 3.98. The van der Waals surface area contributed by atoms with Gasteiger partial charge in [-0.2, -0.15) is 0 Å². The Labute approximate surface area is 70.0 Å². The van der Waals surface area contributed by atoms with E-state index >= 15 is 0 Å². The summed E-state index contributed by atoms with van der Waals surface area (Å²) < 4.78 is 0. The lowest BCUT2D eigenvalue weighted by atomic mass is 10.0. The van der Waals surface area contributed by atoms with Crippen molar-refractivity contribution in [2.24, 2.45) is 4.99 Å². The van der Waals surface area contributed by atoms with Crippen molar-refractivity contribution >= 4 is 11.7 Å². The van der Waals surface area contributed by atoms with Crippen molar-refractivity contribution < 1.29 is 9.90 Å². The molecular formula is C8H10N2O2. The van der Waals surface area contributed by atoms with Gasteiger partial charge in [0.2, 0.25) is 0 Å². The van der Waals surface area contributed by atoms with Crippen LogP contribution in [0.25, 0.3) is 0 Å². The molecule has 0 fully saturated rings. The molecule has 4 heteroatoms. The zero-order valence-corrected chi connectivity index (χ0v) is 6.53. The first-order chi connectivity index (χ1) is 5.77. The molecule has 0 aromatic rings. The molecular weight excluding hydrogens is 156 g/mol. The molecule has 0 aromatic heterocycles. The van der Waals surface area contributed by atoms with E-state index in [0.717, 1.165) is 18.6 Å². The van der Waals surface area contributed by atoms with Crippen LogP contribution in [0.4, 0.5) is 0 Å². The minimum absolute atomic E-state index is 0.163. The predicted molar refractivity (Wildman–Crippen MR) is 44.2 cm³/mol. The fourth-order valence-corrected chi connectivity index (χ4v) is 1.54. The molecule has 12 heavy (non-hydrogen) atoms. The van der Waals surface area contributed by atoms with Crippen molar-refractivity contribution in [2.45, 2.75) is 25.0 Å². The fourth-order valence-electron chi connectivity index (χ4n) is 1.54. The number of nitrogens with zero attached hydrogens (tertiary/aromatic N) is 1. The van der Waals surface area contributed by atoms with E-state index in [-0.39, 0.29) is 6.04 Å². The monoisotopic (exact) mass is 166 g/mol. The van der Waals surface area contributed by atoms with Crippen molar-refractivity contribution in [2.75, 3.05) is 0 Å². The molecule has 2 atom stereocenters. The molecule has 0 radical (unpaired) electrons. The Morgan fingerprint density at radius 1 is 1.67 bits per heavy atom. The van der Waals surface area contributed by atoms with Gasteiger partial charge in [0.15, 0.2) is 6.17 Å². The van der Waals surface area contributed by atoms with Crippen LogP contribution in [-0.4, -0.2) is 29.0 Å². The standard InChI is InChI=1S/C8H10N2O2/c11-8(12)7-9-5-3-1-2-4-6(5)10-7/h1-2,5,7,9H,3-4H2,(H,11,12)/t5-,7-/m1/s1. The van der Waals surface area contributed by atoms with Gasteiger partial charge in [0.25, 0.3) is 0 Å². The Bertz CT molecular complexity index is 270. The summed E-state index contributed by atoms with van der Waals surface area (Å²) in [6.07, 6.45) is 5.02. The molecule has 0 saturated heterocycles. The van der Waals surface area contributed by atoms with Crippen LogP contribution in [-0.2, 0) is 4.79 Å². The first kappa shape index (κ1) is 7.49. The van der Waals surface area contributed by atoms with E-state index < -0.39 is 12.1 Å². The smallest absolute Gasteiger partial charge is 0.343 e. The lowest BCUT2D eigenvalue weighted by molar-refractivity contribution is -0.139. The SMILES string of the molecule is O=C(O)[C@H]1N=C2CC=CC[C@H]2N1. The van der Waals surface area contributed by atoms with E-state index in [4.69, 9.17) is 5.11 Å². The number of hydrogen-bond acceptors (Lipinski definition) is 3. The molecule has 2 N–H and O–H groups in total. The Morgan fingerprint density at radius 2 is 2.50 bits per heavy atom. The molecule has 1 aliphatic carbocycles. The molecule has 0 spiro atoms. The average molecular weight is 166 g/mol. The van der Waals surface area contributed by atoms with Gasteiger partial charge in [-0.05, 0) is 6.42 Å². The lowest BCUT2D eigenvalue weighted by Gasteiger charge is -2.14. The largest absolute Gasteiger partial charge is 0.479 e. The minimum atomic E-state index is -0.892. The van der Waals surface area contributed by atoms with Gasteiger partial charge in [-0.25, -0.2) is 4.79 Å². The van der Waals surface area contributed by atoms with Crippen LogP contribution in [0, 0.1) is 0 Å². The molecule has 1 aliphatic heterocycles. The summed E-state index contributed by atoms with van der Waals surface area (Å²) in [5, 5.41) is 11.6. The van der Waals surface area contributed by atoms with Crippen LogP contribution in [0.3, 0.4) is 0 Å². The van der Waals surface area contributed by atoms with Crippen LogP contribution < -0.4 is 5.32 Å². The third-order valence-electron chi connectivity index (χ3n) is 2.16. The average Bonchev–Trinajstić information content (AvgIpc) is 2.46. The molecule has 0 aromatic carbocycles. The van der Waals surface area contributed by atoms with Gasteiger partial charge in [0.05, 0.1) is 6.04 Å². The molecule has 0 saturated carbocycles. The number of nitrogens with one attached hydrogen (secondary N) is 1. The van der Waals surface area contributed by atoms with Crippen molar-refractivity contribution in [1.82, 2.24) is 5.32 Å². The van der Waals surface area contributed by atoms with Gasteiger partial charge >= 0.3 is 5.97 Å². The maximum absolute atomic E-state index is 10.6. The summed E-state index contributed by atoms with van der Waals surface area (Å²) in [7, 11) is 0. The number of carbonyl (C=O) groups is 1. The molecule has 64 valence electrons. The topological polar surface area (TPSA) is 61.7 Å². The molecule has 4 nitrogen and oxygen atoms in total. The van der Waals surface area contributed by atoms with Crippen LogP contribution >= 0.6 is 0 Å². The Kier molecular flexibility index (Phi) is 1.69. The van der Waals surface area contributed by atoms with Crippen LogP contribution in [0.2, 0.25) is 0 Å². The van der Waals surface area contributed by atoms with Gasteiger partial charge < -0.3 is 5.11 Å². The molecule has 0 amide bonds. The second kappa shape index (κ2) is 2.71. The summed E-state index contributed by atoms with van der Waals surface area (Å²) in [4.78, 5) is 14.6. The number of hydrogen-bond donors (Lipinski definition) is 2. The molecule has 1 heterocycles. The van der Waals surface area contributed by atoms with E-state index in [2.05, 4.69) is 16.4 Å². The lowest BCUT2D eigenvalue weighted by Crippen LogP contribution is -2.38. The van der Waals surface area contributed by atoms with E-state index in [9.17, 15) is 4.79 Å². The second-order valence-electron chi connectivity index (χ2n) is 2.99. The van der Waals surface area contributed by atoms with E-state index in [0.29, 0.717) is 0 Å². The Balaban J connectivity index is 2.14. The summed E-state index contributed by atoms with van der Waals surface area (Å²) in [6, 6.07) is 0.163. The van der Waals surface area contributed by atoms with Crippen LogP contribution in [0.15, 0.2) is 17.1 Å². The highest BCUT2D eigenvalue weighted by atomic mass is 16.4. The zero-order valence-electron chi connectivity index (χ0n) is 6.53. The quantitative estimate of drug-likeness (QED) is 0.545. The van der Waals surface area contributed by atoms with Crippen molar-refractivity contribution in [3.63, 3.8) is 0 Å². The summed E-state index contributed by atoms with van der Waals surface area (Å²) in [5.74, 6) is -0.892. The predicted octanol–water partition coefficient (Wildman–Crippen LogP) is 0.160. The van der Waals surface area contributed by atoms with Crippen molar-refractivity contribution in [1.29, 1.82) is 0 Å². The van der Waals surface area contributed by atoms with Gasteiger partial charge in [0.1, 0.15) is 0 Å². The van der Waals surface area contributed by atoms with Gasteiger partial charge in [0, 0.05) is 12.1 Å². The first-order valence-corrected chi connectivity index (χ1v) is 3.98. The van der Waals surface area contributed by atoms with Crippen LogP contribution in [0.5, 0.6) is 0 Å². The van der Waals surface area contributed by atoms with Crippen molar-refractivity contribution in [3.8, 4) is 0 Å². The van der Waals surface area contributed by atoms with E-state index in [1.54, 1.807) is 0 Å².